The van der Waals surface area contributed by atoms with Crippen molar-refractivity contribution in [3.05, 3.63) is 24.3 Å². The normalized spacial score (nSPS) is 22.0. The van der Waals surface area contributed by atoms with Crippen LogP contribution in [-0.2, 0) is 4.79 Å². The van der Waals surface area contributed by atoms with Crippen molar-refractivity contribution in [1.29, 1.82) is 0 Å². The zero-order valence-electron chi connectivity index (χ0n) is 13.9. The number of likely N-dealkylation sites (N-methyl/N-ethyl adjacent to an activating group) is 1. The molecular weight excluding hydrogens is 335 g/mol. The molecule has 0 bridgehead atoms. The van der Waals surface area contributed by atoms with Crippen LogP contribution in [-0.4, -0.2) is 41.4 Å². The summed E-state index contributed by atoms with van der Waals surface area (Å²) in [5, 5.41) is 2.89. The standard InChI is InChI=1S/C17H24Cl2N2O2/c1-4-21(5-2)10-11-23-14-9-7-6-8-13(14)20-15(22)16(3)12-17(16,18)19/h6-9H,4-5,10-12H2,1-3H3,(H,20,22). The number of hydrogen-bond acceptors (Lipinski definition) is 3. The lowest BCUT2D eigenvalue weighted by Gasteiger charge is -2.19. The molecule has 1 N–H and O–H groups in total. The number of anilines is 1. The summed E-state index contributed by atoms with van der Waals surface area (Å²) in [6.45, 7) is 9.41. The van der Waals surface area contributed by atoms with Crippen molar-refractivity contribution in [2.45, 2.75) is 31.5 Å². The van der Waals surface area contributed by atoms with E-state index in [0.29, 0.717) is 24.5 Å². The second-order valence-corrected chi connectivity index (χ2v) is 7.52. The third-order valence-electron chi connectivity index (χ3n) is 4.45. The van der Waals surface area contributed by atoms with Crippen LogP contribution in [0, 0.1) is 5.41 Å². The molecule has 1 aliphatic rings. The smallest absolute Gasteiger partial charge is 0.233 e. The van der Waals surface area contributed by atoms with E-state index in [1.54, 1.807) is 6.92 Å². The number of nitrogens with zero attached hydrogens (tertiary/aromatic N) is 1. The van der Waals surface area contributed by atoms with Crippen molar-refractivity contribution in [2.75, 3.05) is 31.6 Å². The van der Waals surface area contributed by atoms with Gasteiger partial charge in [0.05, 0.1) is 11.1 Å². The number of alkyl halides is 2. The molecular formula is C17H24Cl2N2O2. The first-order valence-corrected chi connectivity index (χ1v) is 8.73. The van der Waals surface area contributed by atoms with Crippen LogP contribution in [0.25, 0.3) is 0 Å². The summed E-state index contributed by atoms with van der Waals surface area (Å²) in [5.41, 5.74) is -0.0981. The fourth-order valence-electron chi connectivity index (χ4n) is 2.43. The SMILES string of the molecule is CCN(CC)CCOc1ccccc1NC(=O)C1(C)CC1(Cl)Cl. The van der Waals surface area contributed by atoms with E-state index in [0.717, 1.165) is 19.6 Å². The predicted octanol–water partition coefficient (Wildman–Crippen LogP) is 3.93. The van der Waals surface area contributed by atoms with E-state index in [9.17, 15) is 4.79 Å². The van der Waals surface area contributed by atoms with Gasteiger partial charge in [0.15, 0.2) is 0 Å². The molecule has 1 aliphatic carbocycles. The summed E-state index contributed by atoms with van der Waals surface area (Å²) in [4.78, 5) is 14.7. The summed E-state index contributed by atoms with van der Waals surface area (Å²) < 4.78 is 4.86. The molecule has 0 aliphatic heterocycles. The molecule has 4 nitrogen and oxygen atoms in total. The zero-order valence-corrected chi connectivity index (χ0v) is 15.4. The van der Waals surface area contributed by atoms with Crippen molar-refractivity contribution in [3.63, 3.8) is 0 Å². The fourth-order valence-corrected chi connectivity index (χ4v) is 3.13. The van der Waals surface area contributed by atoms with E-state index in [1.165, 1.54) is 0 Å². The first kappa shape index (κ1) is 18.4. The molecule has 23 heavy (non-hydrogen) atoms. The number of ether oxygens (including phenoxy) is 1. The minimum Gasteiger partial charge on any atom is -0.490 e. The van der Waals surface area contributed by atoms with Gasteiger partial charge in [-0.15, -0.1) is 23.2 Å². The molecule has 0 aromatic heterocycles. The maximum Gasteiger partial charge on any atom is 0.233 e. The lowest BCUT2D eigenvalue weighted by molar-refractivity contribution is -0.120. The molecule has 1 aromatic rings. The van der Waals surface area contributed by atoms with E-state index >= 15 is 0 Å². The van der Waals surface area contributed by atoms with Gasteiger partial charge >= 0.3 is 0 Å². The number of benzene rings is 1. The monoisotopic (exact) mass is 358 g/mol. The largest absolute Gasteiger partial charge is 0.490 e. The number of halogens is 2. The average Bonchev–Trinajstić information content (AvgIpc) is 3.05. The van der Waals surface area contributed by atoms with Gasteiger partial charge in [0.1, 0.15) is 16.7 Å². The Hall–Kier alpha value is -0.970. The zero-order chi connectivity index (χ0) is 17.1. The van der Waals surface area contributed by atoms with Crippen LogP contribution in [0.15, 0.2) is 24.3 Å². The van der Waals surface area contributed by atoms with Crippen LogP contribution in [0.3, 0.4) is 0 Å². The number of carbonyl (C=O) groups excluding carboxylic acids is 1. The summed E-state index contributed by atoms with van der Waals surface area (Å²) in [6, 6.07) is 7.41. The van der Waals surface area contributed by atoms with Gasteiger partial charge in [0.2, 0.25) is 5.91 Å². The van der Waals surface area contributed by atoms with E-state index < -0.39 is 9.75 Å². The third kappa shape index (κ3) is 4.11. The van der Waals surface area contributed by atoms with Crippen molar-refractivity contribution < 1.29 is 9.53 Å². The van der Waals surface area contributed by atoms with Gasteiger partial charge in [0.25, 0.3) is 0 Å². The lowest BCUT2D eigenvalue weighted by Crippen LogP contribution is -2.28. The molecule has 128 valence electrons. The Morgan fingerprint density at radius 3 is 2.48 bits per heavy atom. The number of rotatable bonds is 8. The first-order chi connectivity index (χ1) is 10.8. The molecule has 1 atom stereocenters. The van der Waals surface area contributed by atoms with E-state index in [2.05, 4.69) is 24.1 Å². The highest BCUT2D eigenvalue weighted by atomic mass is 35.5. The van der Waals surface area contributed by atoms with E-state index in [1.807, 2.05) is 24.3 Å². The number of nitrogens with one attached hydrogen (secondary N) is 1. The first-order valence-electron chi connectivity index (χ1n) is 7.97. The fraction of sp³-hybridized carbons (Fsp3) is 0.588. The van der Waals surface area contributed by atoms with Gasteiger partial charge in [-0.25, -0.2) is 0 Å². The molecule has 1 unspecified atom stereocenters. The Bertz CT molecular complexity index is 561. The predicted molar refractivity (Wildman–Crippen MR) is 95.5 cm³/mol. The van der Waals surface area contributed by atoms with Gasteiger partial charge in [0, 0.05) is 6.54 Å². The highest BCUT2D eigenvalue weighted by molar-refractivity contribution is 6.53. The van der Waals surface area contributed by atoms with Gasteiger partial charge in [-0.2, -0.15) is 0 Å². The maximum atomic E-state index is 12.4. The summed E-state index contributed by atoms with van der Waals surface area (Å²) in [7, 11) is 0. The van der Waals surface area contributed by atoms with Gasteiger partial charge in [-0.05, 0) is 38.6 Å². The summed E-state index contributed by atoms with van der Waals surface area (Å²) >= 11 is 12.1. The van der Waals surface area contributed by atoms with Crippen LogP contribution in [0.1, 0.15) is 27.2 Å². The Kier molecular flexibility index (Phi) is 5.82. The Labute approximate surface area is 148 Å². The number of para-hydroxylation sites is 2. The summed E-state index contributed by atoms with van der Waals surface area (Å²) in [6.07, 6.45) is 0.458. The number of amides is 1. The van der Waals surface area contributed by atoms with E-state index in [4.69, 9.17) is 27.9 Å². The molecule has 2 rings (SSSR count). The van der Waals surface area contributed by atoms with Crippen molar-refractivity contribution in [2.24, 2.45) is 5.41 Å². The minimum absolute atomic E-state index is 0.178. The van der Waals surface area contributed by atoms with Crippen molar-refractivity contribution >= 4 is 34.8 Å². The quantitative estimate of drug-likeness (QED) is 0.715. The molecule has 0 heterocycles. The van der Waals surface area contributed by atoms with Crippen LogP contribution in [0.2, 0.25) is 0 Å². The van der Waals surface area contributed by atoms with Crippen molar-refractivity contribution in [3.8, 4) is 5.75 Å². The molecule has 1 aromatic carbocycles. The minimum atomic E-state index is -0.977. The third-order valence-corrected chi connectivity index (χ3v) is 5.56. The second-order valence-electron chi connectivity index (χ2n) is 6.04. The molecule has 0 saturated heterocycles. The summed E-state index contributed by atoms with van der Waals surface area (Å²) in [5.74, 6) is 0.481. The van der Waals surface area contributed by atoms with Crippen LogP contribution in [0.4, 0.5) is 5.69 Å². The molecule has 6 heteroatoms. The Morgan fingerprint density at radius 2 is 1.91 bits per heavy atom. The highest BCUT2D eigenvalue weighted by Gasteiger charge is 2.67. The maximum absolute atomic E-state index is 12.4. The van der Waals surface area contributed by atoms with Crippen molar-refractivity contribution in [1.82, 2.24) is 4.90 Å². The number of carbonyl (C=O) groups is 1. The highest BCUT2D eigenvalue weighted by Crippen LogP contribution is 2.64. The molecule has 1 amide bonds. The lowest BCUT2D eigenvalue weighted by atomic mass is 10.1. The second kappa shape index (κ2) is 7.29. The molecule has 0 spiro atoms. The molecule has 0 radical (unpaired) electrons. The van der Waals surface area contributed by atoms with Crippen LogP contribution in [0.5, 0.6) is 5.75 Å². The van der Waals surface area contributed by atoms with E-state index in [-0.39, 0.29) is 5.91 Å². The Morgan fingerprint density at radius 1 is 1.30 bits per heavy atom. The average molecular weight is 359 g/mol. The topological polar surface area (TPSA) is 41.6 Å². The molecule has 1 saturated carbocycles. The Balaban J connectivity index is 1.97. The van der Waals surface area contributed by atoms with Gasteiger partial charge in [-0.3, -0.25) is 4.79 Å². The van der Waals surface area contributed by atoms with Crippen LogP contribution < -0.4 is 10.1 Å². The van der Waals surface area contributed by atoms with Gasteiger partial charge in [-0.1, -0.05) is 26.0 Å². The number of hydrogen-bond donors (Lipinski definition) is 1. The molecule has 1 fully saturated rings. The van der Waals surface area contributed by atoms with Crippen LogP contribution >= 0.6 is 23.2 Å². The van der Waals surface area contributed by atoms with Gasteiger partial charge < -0.3 is 15.0 Å².